The molecule has 0 atom stereocenters. The number of anilines is 1. The summed E-state index contributed by atoms with van der Waals surface area (Å²) in [6.45, 7) is 0.465. The number of ether oxygens (including phenoxy) is 1. The van der Waals surface area contributed by atoms with Gasteiger partial charge in [-0.3, -0.25) is 0 Å². The molecule has 0 amide bonds. The second-order valence-electron chi connectivity index (χ2n) is 3.76. The van der Waals surface area contributed by atoms with Crippen LogP contribution in [0.5, 0.6) is 5.75 Å². The third-order valence-electron chi connectivity index (χ3n) is 2.43. The largest absolute Gasteiger partial charge is 0.486 e. The van der Waals surface area contributed by atoms with Gasteiger partial charge in [0.05, 0.1) is 20.9 Å². The lowest BCUT2D eigenvalue weighted by molar-refractivity contribution is 0.306. The van der Waals surface area contributed by atoms with E-state index in [0.29, 0.717) is 23.6 Å². The van der Waals surface area contributed by atoms with Crippen LogP contribution in [-0.4, -0.2) is 0 Å². The molecule has 0 bridgehead atoms. The minimum absolute atomic E-state index is 0.465. The third-order valence-corrected chi connectivity index (χ3v) is 3.23. The number of nitrogens with two attached hydrogens (primary N) is 1. The molecule has 2 aromatic carbocycles. The summed E-state index contributed by atoms with van der Waals surface area (Å²) in [5.41, 5.74) is 8.00. The number of benzene rings is 2. The van der Waals surface area contributed by atoms with Crippen molar-refractivity contribution in [3.63, 3.8) is 0 Å². The fourth-order valence-electron chi connectivity index (χ4n) is 1.56. The fourth-order valence-corrected chi connectivity index (χ4v) is 2.36. The van der Waals surface area contributed by atoms with Gasteiger partial charge in [0.25, 0.3) is 0 Å². The molecule has 0 aliphatic carbocycles. The second kappa shape index (κ2) is 5.74. The molecule has 0 saturated heterocycles. The Hall–Kier alpha value is -1.74. The lowest BCUT2D eigenvalue weighted by Crippen LogP contribution is -2.01. The highest BCUT2D eigenvalue weighted by Gasteiger charge is 2.08. The molecule has 0 aliphatic rings. The van der Waals surface area contributed by atoms with Crippen LogP contribution in [0, 0.1) is 14.9 Å². The summed E-state index contributed by atoms with van der Waals surface area (Å²) >= 11 is 2.12. The summed E-state index contributed by atoms with van der Waals surface area (Å²) in [6, 6.07) is 15.3. The van der Waals surface area contributed by atoms with Crippen molar-refractivity contribution in [1.29, 1.82) is 5.26 Å². The monoisotopic (exact) mass is 350 g/mol. The molecule has 0 radical (unpaired) electrons. The van der Waals surface area contributed by atoms with Gasteiger partial charge >= 0.3 is 0 Å². The third kappa shape index (κ3) is 2.93. The SMILES string of the molecule is N#Cc1cc(N)c(OCc2ccccc2)c(I)c1. The van der Waals surface area contributed by atoms with Crippen LogP contribution in [0.15, 0.2) is 42.5 Å². The van der Waals surface area contributed by atoms with E-state index in [4.69, 9.17) is 15.7 Å². The molecule has 0 fully saturated rings. The summed E-state index contributed by atoms with van der Waals surface area (Å²) < 4.78 is 6.56. The van der Waals surface area contributed by atoms with E-state index in [-0.39, 0.29) is 0 Å². The smallest absolute Gasteiger partial charge is 0.156 e. The Kier molecular flexibility index (Phi) is 4.05. The van der Waals surface area contributed by atoms with Crippen molar-refractivity contribution < 1.29 is 4.74 Å². The van der Waals surface area contributed by atoms with E-state index in [9.17, 15) is 0 Å². The summed E-state index contributed by atoms with van der Waals surface area (Å²) in [7, 11) is 0. The first kappa shape index (κ1) is 12.7. The Morgan fingerprint density at radius 1 is 1.22 bits per heavy atom. The molecule has 4 heteroatoms. The van der Waals surface area contributed by atoms with Gasteiger partial charge < -0.3 is 10.5 Å². The minimum atomic E-state index is 0.465. The average molecular weight is 350 g/mol. The van der Waals surface area contributed by atoms with E-state index in [1.807, 2.05) is 30.3 Å². The molecule has 0 saturated carbocycles. The number of halogens is 1. The van der Waals surface area contributed by atoms with Gasteiger partial charge in [0.1, 0.15) is 6.61 Å². The van der Waals surface area contributed by atoms with Gasteiger partial charge in [-0.15, -0.1) is 0 Å². The summed E-state index contributed by atoms with van der Waals surface area (Å²) in [4.78, 5) is 0. The predicted molar refractivity (Wildman–Crippen MR) is 79.1 cm³/mol. The molecular formula is C14H11IN2O. The number of nitrogen functional groups attached to an aromatic ring is 1. The number of nitriles is 1. The van der Waals surface area contributed by atoms with E-state index >= 15 is 0 Å². The molecule has 3 nitrogen and oxygen atoms in total. The van der Waals surface area contributed by atoms with E-state index < -0.39 is 0 Å². The normalized spacial score (nSPS) is 9.78. The van der Waals surface area contributed by atoms with Crippen LogP contribution in [0.25, 0.3) is 0 Å². The topological polar surface area (TPSA) is 59.0 Å². The Morgan fingerprint density at radius 3 is 2.56 bits per heavy atom. The first-order valence-electron chi connectivity index (χ1n) is 5.36. The van der Waals surface area contributed by atoms with Gasteiger partial charge in [-0.1, -0.05) is 30.3 Å². The van der Waals surface area contributed by atoms with Crippen molar-refractivity contribution in [1.82, 2.24) is 0 Å². The molecule has 0 spiro atoms. The van der Waals surface area contributed by atoms with E-state index in [1.54, 1.807) is 12.1 Å². The van der Waals surface area contributed by atoms with E-state index in [0.717, 1.165) is 9.13 Å². The van der Waals surface area contributed by atoms with Crippen molar-refractivity contribution >= 4 is 28.3 Å². The van der Waals surface area contributed by atoms with Gasteiger partial charge in [-0.05, 0) is 40.3 Å². The van der Waals surface area contributed by atoms with Crippen molar-refractivity contribution in [2.45, 2.75) is 6.61 Å². The maximum Gasteiger partial charge on any atom is 0.156 e. The zero-order chi connectivity index (χ0) is 13.0. The van der Waals surface area contributed by atoms with Crippen LogP contribution in [0.2, 0.25) is 0 Å². The van der Waals surface area contributed by atoms with Crippen molar-refractivity contribution in [3.8, 4) is 11.8 Å². The van der Waals surface area contributed by atoms with Crippen molar-refractivity contribution in [2.75, 3.05) is 5.73 Å². The molecule has 0 heterocycles. The molecule has 0 aliphatic heterocycles. The molecule has 90 valence electrons. The predicted octanol–water partition coefficient (Wildman–Crippen LogP) is 3.32. The van der Waals surface area contributed by atoms with Crippen LogP contribution >= 0.6 is 22.6 Å². The maximum absolute atomic E-state index is 8.84. The van der Waals surface area contributed by atoms with Gasteiger partial charge in [0, 0.05) is 0 Å². The van der Waals surface area contributed by atoms with Crippen LogP contribution in [0.1, 0.15) is 11.1 Å². The van der Waals surface area contributed by atoms with Crippen molar-refractivity contribution in [3.05, 3.63) is 57.2 Å². The minimum Gasteiger partial charge on any atom is -0.486 e. The first-order chi connectivity index (χ1) is 8.70. The molecule has 2 N–H and O–H groups in total. The summed E-state index contributed by atoms with van der Waals surface area (Å²) in [6.07, 6.45) is 0. The lowest BCUT2D eigenvalue weighted by Gasteiger charge is -2.11. The van der Waals surface area contributed by atoms with Crippen LogP contribution in [0.4, 0.5) is 5.69 Å². The summed E-state index contributed by atoms with van der Waals surface area (Å²) in [5, 5.41) is 8.84. The zero-order valence-electron chi connectivity index (χ0n) is 9.56. The molecule has 0 aromatic heterocycles. The number of hydrogen-bond donors (Lipinski definition) is 1. The Morgan fingerprint density at radius 2 is 1.94 bits per heavy atom. The molecular weight excluding hydrogens is 339 g/mol. The Balaban J connectivity index is 2.18. The number of hydrogen-bond acceptors (Lipinski definition) is 3. The fraction of sp³-hybridized carbons (Fsp3) is 0.0714. The van der Waals surface area contributed by atoms with Gasteiger partial charge in [0.15, 0.2) is 5.75 Å². The van der Waals surface area contributed by atoms with Gasteiger partial charge in [0.2, 0.25) is 0 Å². The number of nitrogens with zero attached hydrogens (tertiary/aromatic N) is 1. The van der Waals surface area contributed by atoms with Crippen LogP contribution in [-0.2, 0) is 6.61 Å². The second-order valence-corrected chi connectivity index (χ2v) is 4.92. The quantitative estimate of drug-likeness (QED) is 0.682. The number of rotatable bonds is 3. The lowest BCUT2D eigenvalue weighted by atomic mass is 10.2. The zero-order valence-corrected chi connectivity index (χ0v) is 11.7. The summed E-state index contributed by atoms with van der Waals surface area (Å²) in [5.74, 6) is 0.637. The Labute approximate surface area is 119 Å². The first-order valence-corrected chi connectivity index (χ1v) is 6.44. The van der Waals surface area contributed by atoms with Gasteiger partial charge in [-0.2, -0.15) is 5.26 Å². The van der Waals surface area contributed by atoms with Gasteiger partial charge in [-0.25, -0.2) is 0 Å². The van der Waals surface area contributed by atoms with Crippen LogP contribution < -0.4 is 10.5 Å². The van der Waals surface area contributed by atoms with Crippen LogP contribution in [0.3, 0.4) is 0 Å². The highest BCUT2D eigenvalue weighted by molar-refractivity contribution is 14.1. The molecule has 0 unspecified atom stereocenters. The highest BCUT2D eigenvalue weighted by atomic mass is 127. The Bertz CT molecular complexity index is 567. The molecule has 2 aromatic rings. The van der Waals surface area contributed by atoms with E-state index in [2.05, 4.69) is 28.7 Å². The molecule has 18 heavy (non-hydrogen) atoms. The van der Waals surface area contributed by atoms with E-state index in [1.165, 1.54) is 0 Å². The standard InChI is InChI=1S/C14H11IN2O/c15-12-6-11(8-16)7-13(17)14(12)18-9-10-4-2-1-3-5-10/h1-7H,9,17H2. The van der Waals surface area contributed by atoms with Crippen molar-refractivity contribution in [2.24, 2.45) is 0 Å². The average Bonchev–Trinajstić information content (AvgIpc) is 2.38. The highest BCUT2D eigenvalue weighted by Crippen LogP contribution is 2.30. The molecule has 2 rings (SSSR count). The maximum atomic E-state index is 8.84.